The molecule has 2 aromatic rings. The van der Waals surface area contributed by atoms with Gasteiger partial charge in [0.1, 0.15) is 5.76 Å². The molecule has 0 atom stereocenters. The van der Waals surface area contributed by atoms with Crippen LogP contribution in [0.4, 0.5) is 5.69 Å². The number of nitrogens with zero attached hydrogens (tertiary/aromatic N) is 1. The van der Waals surface area contributed by atoms with Gasteiger partial charge in [-0.2, -0.15) is 0 Å². The first-order valence-corrected chi connectivity index (χ1v) is 8.94. The van der Waals surface area contributed by atoms with Gasteiger partial charge in [0.15, 0.2) is 5.76 Å². The normalized spacial score (nSPS) is 13.9. The molecule has 8 nitrogen and oxygen atoms in total. The highest BCUT2D eigenvalue weighted by Crippen LogP contribution is 2.20. The van der Waals surface area contributed by atoms with Crippen molar-refractivity contribution in [2.45, 2.75) is 19.4 Å². The molecule has 1 aliphatic rings. The minimum Gasteiger partial charge on any atom is -0.465 e. The van der Waals surface area contributed by atoms with Crippen LogP contribution in [-0.4, -0.2) is 50.1 Å². The Morgan fingerprint density at radius 2 is 1.61 bits per heavy atom. The van der Waals surface area contributed by atoms with Crippen LogP contribution >= 0.6 is 0 Å². The quantitative estimate of drug-likeness (QED) is 0.762. The second-order valence-corrected chi connectivity index (χ2v) is 6.49. The Morgan fingerprint density at radius 1 is 1.00 bits per heavy atom. The van der Waals surface area contributed by atoms with Crippen LogP contribution in [0.2, 0.25) is 0 Å². The van der Waals surface area contributed by atoms with Gasteiger partial charge in [0.05, 0.1) is 31.9 Å². The molecule has 1 aliphatic heterocycles. The van der Waals surface area contributed by atoms with Crippen LogP contribution in [0.15, 0.2) is 34.7 Å². The summed E-state index contributed by atoms with van der Waals surface area (Å²) in [5.41, 5.74) is 0.496. The summed E-state index contributed by atoms with van der Waals surface area (Å²) in [7, 11) is 2.46. The van der Waals surface area contributed by atoms with E-state index in [1.807, 2.05) is 0 Å². The van der Waals surface area contributed by atoms with Crippen LogP contribution in [-0.2, 0) is 16.0 Å². The average molecular weight is 386 g/mol. The zero-order valence-electron chi connectivity index (χ0n) is 15.8. The highest BCUT2D eigenvalue weighted by Gasteiger charge is 2.18. The summed E-state index contributed by atoms with van der Waals surface area (Å²) >= 11 is 0. The highest BCUT2D eigenvalue weighted by atomic mass is 16.5. The predicted octanol–water partition coefficient (Wildman–Crippen LogP) is 2.70. The molecule has 1 fully saturated rings. The third kappa shape index (κ3) is 4.58. The molecule has 1 N–H and O–H groups in total. The Hall–Kier alpha value is -3.13. The Balaban J connectivity index is 1.76. The number of carbonyl (C=O) groups is 3. The first-order valence-electron chi connectivity index (χ1n) is 8.94. The topological polar surface area (TPSA) is 98.1 Å². The number of benzene rings is 1. The van der Waals surface area contributed by atoms with Crippen LogP contribution in [0.1, 0.15) is 49.9 Å². The summed E-state index contributed by atoms with van der Waals surface area (Å²) in [6.07, 6.45) is 2.35. The predicted molar refractivity (Wildman–Crippen MR) is 100 cm³/mol. The van der Waals surface area contributed by atoms with Gasteiger partial charge in [-0.3, -0.25) is 9.69 Å². The Labute approximate surface area is 162 Å². The van der Waals surface area contributed by atoms with Crippen molar-refractivity contribution in [2.75, 3.05) is 32.6 Å². The van der Waals surface area contributed by atoms with Crippen molar-refractivity contribution in [3.63, 3.8) is 0 Å². The summed E-state index contributed by atoms with van der Waals surface area (Å²) in [6.45, 7) is 2.72. The average Bonchev–Trinajstić information content (AvgIpc) is 3.39. The molecule has 148 valence electrons. The molecular weight excluding hydrogens is 364 g/mol. The molecule has 0 radical (unpaired) electrons. The molecule has 1 aromatic heterocycles. The number of esters is 2. The zero-order valence-corrected chi connectivity index (χ0v) is 15.8. The maximum atomic E-state index is 12.5. The standard InChI is InChI=1S/C20H22N2O6/c1-26-19(24)13-9-14(20(25)27-2)11-15(10-13)21-18(23)17-6-5-16(28-17)12-22-7-3-4-8-22/h5-6,9-11H,3-4,7-8,12H2,1-2H3,(H,21,23). The molecule has 0 saturated carbocycles. The van der Waals surface area contributed by atoms with Gasteiger partial charge < -0.3 is 19.2 Å². The number of furan rings is 1. The molecule has 1 aromatic carbocycles. The van der Waals surface area contributed by atoms with Crippen molar-refractivity contribution < 1.29 is 28.3 Å². The van der Waals surface area contributed by atoms with Crippen LogP contribution in [0.25, 0.3) is 0 Å². The molecule has 0 aliphatic carbocycles. The van der Waals surface area contributed by atoms with E-state index in [4.69, 9.17) is 4.42 Å². The fraction of sp³-hybridized carbons (Fsp3) is 0.350. The second-order valence-electron chi connectivity index (χ2n) is 6.49. The Morgan fingerprint density at radius 3 is 2.18 bits per heavy atom. The van der Waals surface area contributed by atoms with Crippen LogP contribution in [0.3, 0.4) is 0 Å². The van der Waals surface area contributed by atoms with Crippen molar-refractivity contribution in [2.24, 2.45) is 0 Å². The van der Waals surface area contributed by atoms with E-state index in [0.29, 0.717) is 12.3 Å². The maximum Gasteiger partial charge on any atom is 0.337 e. The molecule has 8 heteroatoms. The van der Waals surface area contributed by atoms with E-state index in [0.717, 1.165) is 13.1 Å². The summed E-state index contributed by atoms with van der Waals surface area (Å²) in [5.74, 6) is -0.882. The van der Waals surface area contributed by atoms with Crippen LogP contribution in [0, 0.1) is 0 Å². The van der Waals surface area contributed by atoms with E-state index < -0.39 is 17.8 Å². The lowest BCUT2D eigenvalue weighted by Gasteiger charge is -2.11. The monoisotopic (exact) mass is 386 g/mol. The molecule has 1 amide bonds. The van der Waals surface area contributed by atoms with Crippen molar-refractivity contribution in [3.05, 3.63) is 53.0 Å². The number of amides is 1. The fourth-order valence-electron chi connectivity index (χ4n) is 3.11. The Bertz CT molecular complexity index is 848. The third-order valence-corrected chi connectivity index (χ3v) is 4.50. The molecule has 2 heterocycles. The van der Waals surface area contributed by atoms with Gasteiger partial charge in [0.25, 0.3) is 5.91 Å². The molecule has 0 spiro atoms. The molecule has 28 heavy (non-hydrogen) atoms. The smallest absolute Gasteiger partial charge is 0.337 e. The van der Waals surface area contributed by atoms with Gasteiger partial charge in [-0.1, -0.05) is 0 Å². The number of hydrogen-bond donors (Lipinski definition) is 1. The first kappa shape index (κ1) is 19.6. The van der Waals surface area contributed by atoms with E-state index in [9.17, 15) is 14.4 Å². The van der Waals surface area contributed by atoms with E-state index in [1.165, 1.54) is 45.3 Å². The van der Waals surface area contributed by atoms with Gasteiger partial charge in [-0.05, 0) is 56.3 Å². The van der Waals surface area contributed by atoms with Gasteiger partial charge in [-0.15, -0.1) is 0 Å². The van der Waals surface area contributed by atoms with Crippen LogP contribution in [0.5, 0.6) is 0 Å². The summed E-state index contributed by atoms with van der Waals surface area (Å²) in [4.78, 5) is 38.5. The van der Waals surface area contributed by atoms with Crippen molar-refractivity contribution in [1.82, 2.24) is 4.90 Å². The van der Waals surface area contributed by atoms with Gasteiger partial charge >= 0.3 is 11.9 Å². The third-order valence-electron chi connectivity index (χ3n) is 4.50. The summed E-state index contributed by atoms with van der Waals surface area (Å²) < 4.78 is 15.0. The SMILES string of the molecule is COC(=O)c1cc(NC(=O)c2ccc(CN3CCCC3)o2)cc(C(=O)OC)c1. The number of anilines is 1. The van der Waals surface area contributed by atoms with Gasteiger partial charge in [0.2, 0.25) is 0 Å². The molecule has 3 rings (SSSR count). The lowest BCUT2D eigenvalue weighted by atomic mass is 10.1. The number of ether oxygens (including phenoxy) is 2. The van der Waals surface area contributed by atoms with Crippen molar-refractivity contribution in [1.29, 1.82) is 0 Å². The van der Waals surface area contributed by atoms with Crippen molar-refractivity contribution in [3.8, 4) is 0 Å². The number of rotatable bonds is 6. The van der Waals surface area contributed by atoms with Gasteiger partial charge in [0, 0.05) is 5.69 Å². The number of methoxy groups -OCH3 is 2. The highest BCUT2D eigenvalue weighted by molar-refractivity contribution is 6.04. The van der Waals surface area contributed by atoms with Crippen molar-refractivity contribution >= 4 is 23.5 Å². The van der Waals surface area contributed by atoms with Crippen LogP contribution < -0.4 is 5.32 Å². The van der Waals surface area contributed by atoms with E-state index in [1.54, 1.807) is 12.1 Å². The minimum absolute atomic E-state index is 0.120. The zero-order chi connectivity index (χ0) is 20.1. The lowest BCUT2D eigenvalue weighted by Crippen LogP contribution is -2.18. The van der Waals surface area contributed by atoms with E-state index in [-0.39, 0.29) is 22.6 Å². The molecule has 1 saturated heterocycles. The summed E-state index contributed by atoms with van der Waals surface area (Å²) in [6, 6.07) is 7.56. The largest absolute Gasteiger partial charge is 0.465 e. The number of hydrogen-bond acceptors (Lipinski definition) is 7. The molecular formula is C20H22N2O6. The number of likely N-dealkylation sites (tertiary alicyclic amines) is 1. The number of carbonyl (C=O) groups excluding carboxylic acids is 3. The Kier molecular flexibility index (Phi) is 6.10. The maximum absolute atomic E-state index is 12.5. The summed E-state index contributed by atoms with van der Waals surface area (Å²) in [5, 5.41) is 2.64. The second kappa shape index (κ2) is 8.71. The van der Waals surface area contributed by atoms with Gasteiger partial charge in [-0.25, -0.2) is 9.59 Å². The minimum atomic E-state index is -0.632. The molecule has 0 bridgehead atoms. The number of nitrogens with one attached hydrogen (secondary N) is 1. The van der Waals surface area contributed by atoms with E-state index >= 15 is 0 Å². The van der Waals surface area contributed by atoms with E-state index in [2.05, 4.69) is 19.7 Å². The fourth-order valence-corrected chi connectivity index (χ4v) is 3.11. The lowest BCUT2D eigenvalue weighted by molar-refractivity contribution is 0.0599. The first-order chi connectivity index (χ1) is 13.5. The molecule has 0 unspecified atom stereocenters.